The average Bonchev–Trinajstić information content (AvgIpc) is 3.12. The fraction of sp³-hybridized carbons (Fsp3) is 0.649. The van der Waals surface area contributed by atoms with E-state index >= 15 is 0 Å². The maximum absolute atomic E-state index is 12.9. The molecule has 1 aromatic carbocycles. The van der Waals surface area contributed by atoms with Crippen molar-refractivity contribution in [3.63, 3.8) is 0 Å². The molecule has 0 aliphatic heterocycles. The summed E-state index contributed by atoms with van der Waals surface area (Å²) in [6, 6.07) is 6.53. The highest BCUT2D eigenvalue weighted by atomic mass is 32.2. The van der Waals surface area contributed by atoms with Crippen LogP contribution in [-0.4, -0.2) is 89.6 Å². The molecule has 0 aliphatic rings. The zero-order valence-corrected chi connectivity index (χ0v) is 33.4. The molecule has 7 N–H and O–H groups in total. The number of benzene rings is 1. The van der Waals surface area contributed by atoms with Gasteiger partial charge in [-0.25, -0.2) is 0 Å². The molecule has 52 heavy (non-hydrogen) atoms. The third-order valence-corrected chi connectivity index (χ3v) is 10.6. The Balaban J connectivity index is 2.44. The Labute approximate surface area is 318 Å². The molecule has 0 bridgehead atoms. The molecule has 5 amide bonds. The van der Waals surface area contributed by atoms with Crippen molar-refractivity contribution in [2.75, 3.05) is 36.5 Å². The third kappa shape index (κ3) is 19.9. The van der Waals surface area contributed by atoms with Crippen LogP contribution < -0.4 is 32.3 Å². The number of amides is 5. The zero-order valence-electron chi connectivity index (χ0n) is 31.8. The first-order chi connectivity index (χ1) is 24.8. The summed E-state index contributed by atoms with van der Waals surface area (Å²) in [5, 5.41) is 13.2. The van der Waals surface area contributed by atoms with Gasteiger partial charge in [-0.1, -0.05) is 46.8 Å². The van der Waals surface area contributed by atoms with E-state index < -0.39 is 23.1 Å². The summed E-state index contributed by atoms with van der Waals surface area (Å²) < 4.78 is 0. The minimum Gasteiger partial charge on any atom is -0.387 e. The number of hydrogen-bond donors (Lipinski definition) is 6. The number of nitrogens with zero attached hydrogens (tertiary/aromatic N) is 1. The Morgan fingerprint density at radius 3 is 2.17 bits per heavy atom. The summed E-state index contributed by atoms with van der Waals surface area (Å²) in [6.45, 7) is 12.4. The van der Waals surface area contributed by atoms with E-state index in [0.717, 1.165) is 36.3 Å². The van der Waals surface area contributed by atoms with Crippen LogP contribution >= 0.6 is 23.5 Å². The molecule has 0 aliphatic carbocycles. The van der Waals surface area contributed by atoms with Crippen LogP contribution in [0, 0.1) is 5.92 Å². The summed E-state index contributed by atoms with van der Waals surface area (Å²) in [4.78, 5) is 78.4. The first kappa shape index (κ1) is 46.4. The van der Waals surface area contributed by atoms with Gasteiger partial charge in [-0.3, -0.25) is 29.0 Å². The summed E-state index contributed by atoms with van der Waals surface area (Å²) in [7, 11) is 0. The summed E-state index contributed by atoms with van der Waals surface area (Å²) in [5.74, 6) is 0.840. The van der Waals surface area contributed by atoms with Crippen LogP contribution in [0.3, 0.4) is 0 Å². The van der Waals surface area contributed by atoms with E-state index in [1.54, 1.807) is 37.7 Å². The molecule has 0 spiro atoms. The van der Waals surface area contributed by atoms with E-state index in [9.17, 15) is 28.8 Å². The lowest BCUT2D eigenvalue weighted by Crippen LogP contribution is -2.51. The first-order valence-electron chi connectivity index (χ1n) is 18.2. The quantitative estimate of drug-likeness (QED) is 0.0332. The van der Waals surface area contributed by atoms with Crippen LogP contribution in [0.15, 0.2) is 29.3 Å². The van der Waals surface area contributed by atoms with Gasteiger partial charge < -0.3 is 37.1 Å². The number of carbonyl (C=O) groups is 6. The van der Waals surface area contributed by atoms with E-state index in [2.05, 4.69) is 52.3 Å². The molecule has 15 heteroatoms. The lowest BCUT2D eigenvalue weighted by molar-refractivity contribution is -0.130. The van der Waals surface area contributed by atoms with E-state index in [-0.39, 0.29) is 55.1 Å². The topological polar surface area (TPSA) is 201 Å². The number of aldehydes is 1. The van der Waals surface area contributed by atoms with Crippen LogP contribution in [0.4, 0.5) is 5.69 Å². The Bertz CT molecular complexity index is 1310. The van der Waals surface area contributed by atoms with Crippen molar-refractivity contribution in [1.82, 2.24) is 21.3 Å². The van der Waals surface area contributed by atoms with Crippen molar-refractivity contribution < 1.29 is 28.8 Å². The molecule has 1 rings (SSSR count). The number of anilines is 1. The third-order valence-electron chi connectivity index (χ3n) is 8.34. The van der Waals surface area contributed by atoms with Gasteiger partial charge in [0, 0.05) is 61.7 Å². The molecule has 1 aromatic rings. The van der Waals surface area contributed by atoms with E-state index in [4.69, 9.17) is 5.73 Å². The number of carbonyl (C=O) groups excluding carboxylic acids is 6. The van der Waals surface area contributed by atoms with Gasteiger partial charge in [0.1, 0.15) is 12.3 Å². The Hall–Kier alpha value is -3.59. The van der Waals surface area contributed by atoms with Crippen molar-refractivity contribution in [2.45, 2.75) is 115 Å². The fourth-order valence-electron chi connectivity index (χ4n) is 4.68. The summed E-state index contributed by atoms with van der Waals surface area (Å²) >= 11 is 3.01. The monoisotopic (exact) mass is 763 g/mol. The van der Waals surface area contributed by atoms with Gasteiger partial charge in [0.25, 0.3) is 0 Å². The number of hydrogen-bond acceptors (Lipinski definition) is 9. The van der Waals surface area contributed by atoms with Crippen molar-refractivity contribution in [2.24, 2.45) is 16.6 Å². The second kappa shape index (κ2) is 26.2. The normalized spacial score (nSPS) is 12.8. The van der Waals surface area contributed by atoms with E-state index in [0.29, 0.717) is 49.4 Å². The Morgan fingerprint density at radius 1 is 0.865 bits per heavy atom. The van der Waals surface area contributed by atoms with Gasteiger partial charge in [0.15, 0.2) is 0 Å². The molecule has 0 saturated heterocycles. The summed E-state index contributed by atoms with van der Waals surface area (Å²) in [6.07, 6.45) is 4.83. The van der Waals surface area contributed by atoms with Crippen molar-refractivity contribution in [3.8, 4) is 0 Å². The highest BCUT2D eigenvalue weighted by Gasteiger charge is 2.25. The van der Waals surface area contributed by atoms with Gasteiger partial charge >= 0.3 is 0 Å². The Kier molecular flexibility index (Phi) is 23.4. The van der Waals surface area contributed by atoms with E-state index in [1.807, 2.05) is 19.1 Å². The molecule has 0 saturated carbocycles. The molecule has 0 fully saturated rings. The van der Waals surface area contributed by atoms with Crippen LogP contribution in [0.5, 0.6) is 0 Å². The first-order valence-corrected chi connectivity index (χ1v) is 20.4. The van der Waals surface area contributed by atoms with Crippen molar-refractivity contribution in [1.29, 1.82) is 0 Å². The van der Waals surface area contributed by atoms with Gasteiger partial charge in [-0.2, -0.15) is 11.8 Å². The second-order valence-corrected chi connectivity index (χ2v) is 15.5. The summed E-state index contributed by atoms with van der Waals surface area (Å²) in [5.41, 5.74) is 7.56. The van der Waals surface area contributed by atoms with E-state index in [1.165, 1.54) is 11.8 Å². The number of nitrogens with two attached hydrogens (primary N) is 1. The van der Waals surface area contributed by atoms with Gasteiger partial charge in [0.05, 0.1) is 23.2 Å². The molecule has 0 heterocycles. The van der Waals surface area contributed by atoms with Crippen LogP contribution in [-0.2, 0) is 34.5 Å². The molecule has 1 unspecified atom stereocenters. The number of aliphatic imine (C=N–C) groups is 1. The lowest BCUT2D eigenvalue weighted by atomic mass is 9.96. The second-order valence-electron chi connectivity index (χ2n) is 13.1. The van der Waals surface area contributed by atoms with Crippen LogP contribution in [0.2, 0.25) is 0 Å². The minimum atomic E-state index is -0.846. The van der Waals surface area contributed by atoms with Gasteiger partial charge in [-0.05, 0) is 56.2 Å². The maximum atomic E-state index is 12.9. The molecular formula is C37H61N7O6S2. The SMILES string of the molecule is CCCNC(=O)CCSCc1ccc(NC(=O)CNC(=O)[C@@H](NC(=O)CCCNC(=O)C(CC=O)SCCC(N)=NC(C)(CC)CC)C(C)C)cc1. The standard InChI is InChI=1S/C37H61N7O6S2/c1-7-19-39-31(46)18-22-51-25-27-12-14-28(15-13-27)42-33(48)24-41-36(50)34(26(4)5)43-32(47)11-10-20-40-35(49)29(16-21-45)52-23-17-30(38)44-37(6,8-2)9-3/h12-15,21,26,29,34H,7-11,16-20,22-25H2,1-6H3,(H2,38,44)(H,39,46)(H,40,49)(H,41,50)(H,42,48)(H,43,47)/t29?,34-/m0/s1. The fourth-order valence-corrected chi connectivity index (χ4v) is 6.65. The number of rotatable bonds is 27. The molecule has 292 valence electrons. The molecule has 2 atom stereocenters. The van der Waals surface area contributed by atoms with Gasteiger partial charge in [0.2, 0.25) is 29.5 Å². The van der Waals surface area contributed by atoms with Gasteiger partial charge in [-0.15, -0.1) is 11.8 Å². The predicted octanol–water partition coefficient (Wildman–Crippen LogP) is 3.94. The highest BCUT2D eigenvalue weighted by molar-refractivity contribution is 8.00. The number of thioether (sulfide) groups is 2. The molecule has 0 radical (unpaired) electrons. The van der Waals surface area contributed by atoms with Crippen LogP contribution in [0.1, 0.15) is 98.5 Å². The van der Waals surface area contributed by atoms with Crippen molar-refractivity contribution in [3.05, 3.63) is 29.8 Å². The minimum absolute atomic E-state index is 0.0582. The maximum Gasteiger partial charge on any atom is 0.243 e. The largest absolute Gasteiger partial charge is 0.387 e. The Morgan fingerprint density at radius 2 is 1.56 bits per heavy atom. The zero-order chi connectivity index (χ0) is 38.9. The highest BCUT2D eigenvalue weighted by Crippen LogP contribution is 2.21. The molecule has 13 nitrogen and oxygen atoms in total. The number of amidine groups is 1. The lowest BCUT2D eigenvalue weighted by Gasteiger charge is -2.22. The number of nitrogens with one attached hydrogen (secondary N) is 5. The molecular weight excluding hydrogens is 703 g/mol. The molecule has 0 aromatic heterocycles. The van der Waals surface area contributed by atoms with Crippen molar-refractivity contribution >= 4 is 70.9 Å². The average molecular weight is 764 g/mol. The predicted molar refractivity (Wildman–Crippen MR) is 213 cm³/mol. The van der Waals surface area contributed by atoms with Crippen LogP contribution in [0.25, 0.3) is 0 Å². The smallest absolute Gasteiger partial charge is 0.243 e.